The lowest BCUT2D eigenvalue weighted by molar-refractivity contribution is 0.0692. The largest absolute Gasteiger partial charge is 0.334 e. The zero-order valence-electron chi connectivity index (χ0n) is 11.4. The number of hydrogen-bond donors (Lipinski definition) is 1. The topological polar surface area (TPSA) is 32.3 Å². The molecule has 1 aromatic rings. The Morgan fingerprint density at radius 1 is 1.55 bits per heavy atom. The Labute approximate surface area is 139 Å². The van der Waals surface area contributed by atoms with Crippen molar-refractivity contribution in [1.82, 2.24) is 10.2 Å². The second-order valence-corrected chi connectivity index (χ2v) is 6.09. The van der Waals surface area contributed by atoms with Crippen LogP contribution in [0.1, 0.15) is 30.1 Å². The van der Waals surface area contributed by atoms with Crippen LogP contribution in [0.2, 0.25) is 5.02 Å². The van der Waals surface area contributed by atoms with Gasteiger partial charge in [-0.15, -0.1) is 12.4 Å². The quantitative estimate of drug-likeness (QED) is 0.861. The third kappa shape index (κ3) is 4.10. The molecule has 0 spiro atoms. The summed E-state index contributed by atoms with van der Waals surface area (Å²) in [5, 5.41) is 3.82. The standard InChI is InChI=1S/C14H18BrClN2O.ClH/c1-2-7-18(11-5-6-17-9-11)14(19)12-8-10(15)3-4-13(12)16;/h3-4,8,11,17H,2,5-7,9H2,1H3;1H. The van der Waals surface area contributed by atoms with Crippen LogP contribution >= 0.6 is 39.9 Å². The van der Waals surface area contributed by atoms with E-state index in [1.165, 1.54) is 0 Å². The second-order valence-electron chi connectivity index (χ2n) is 4.77. The molecule has 1 N–H and O–H groups in total. The molecule has 0 aliphatic carbocycles. The maximum atomic E-state index is 12.7. The lowest BCUT2D eigenvalue weighted by Crippen LogP contribution is -2.42. The minimum atomic E-state index is 0. The minimum absolute atomic E-state index is 0. The Morgan fingerprint density at radius 2 is 2.30 bits per heavy atom. The average Bonchev–Trinajstić information content (AvgIpc) is 2.92. The summed E-state index contributed by atoms with van der Waals surface area (Å²) in [5.74, 6) is 0.0295. The number of benzene rings is 1. The van der Waals surface area contributed by atoms with E-state index in [0.717, 1.165) is 36.9 Å². The van der Waals surface area contributed by atoms with Crippen LogP contribution in [0, 0.1) is 0 Å². The fraction of sp³-hybridized carbons (Fsp3) is 0.500. The van der Waals surface area contributed by atoms with Crippen LogP contribution in [0.15, 0.2) is 22.7 Å². The van der Waals surface area contributed by atoms with Crippen molar-refractivity contribution in [2.75, 3.05) is 19.6 Å². The van der Waals surface area contributed by atoms with Gasteiger partial charge in [0.1, 0.15) is 0 Å². The molecule has 1 amide bonds. The highest BCUT2D eigenvalue weighted by molar-refractivity contribution is 9.10. The molecule has 1 aliphatic rings. The van der Waals surface area contributed by atoms with Crippen molar-refractivity contribution in [3.8, 4) is 0 Å². The predicted molar refractivity (Wildman–Crippen MR) is 89.0 cm³/mol. The summed E-state index contributed by atoms with van der Waals surface area (Å²) in [4.78, 5) is 14.6. The van der Waals surface area contributed by atoms with Gasteiger partial charge in [-0.1, -0.05) is 34.5 Å². The zero-order valence-corrected chi connectivity index (χ0v) is 14.5. The highest BCUT2D eigenvalue weighted by Crippen LogP contribution is 2.24. The van der Waals surface area contributed by atoms with E-state index in [9.17, 15) is 4.79 Å². The first-order valence-corrected chi connectivity index (χ1v) is 7.77. The molecule has 1 heterocycles. The van der Waals surface area contributed by atoms with Crippen molar-refractivity contribution in [3.05, 3.63) is 33.3 Å². The van der Waals surface area contributed by atoms with Crippen molar-refractivity contribution in [2.24, 2.45) is 0 Å². The van der Waals surface area contributed by atoms with Gasteiger partial charge in [0.2, 0.25) is 0 Å². The molecule has 1 unspecified atom stereocenters. The minimum Gasteiger partial charge on any atom is -0.334 e. The van der Waals surface area contributed by atoms with Crippen molar-refractivity contribution < 1.29 is 4.79 Å². The Hall–Kier alpha value is -0.290. The number of rotatable bonds is 4. The van der Waals surface area contributed by atoms with Gasteiger partial charge in [0.05, 0.1) is 10.6 Å². The van der Waals surface area contributed by atoms with Gasteiger partial charge in [0.25, 0.3) is 5.91 Å². The monoisotopic (exact) mass is 380 g/mol. The summed E-state index contributed by atoms with van der Waals surface area (Å²) in [5.41, 5.74) is 0.580. The summed E-state index contributed by atoms with van der Waals surface area (Å²) >= 11 is 9.55. The van der Waals surface area contributed by atoms with E-state index in [1.807, 2.05) is 11.0 Å². The van der Waals surface area contributed by atoms with Gasteiger partial charge in [-0.25, -0.2) is 0 Å². The van der Waals surface area contributed by atoms with Crippen LogP contribution in [0.3, 0.4) is 0 Å². The number of nitrogens with zero attached hydrogens (tertiary/aromatic N) is 1. The number of carbonyl (C=O) groups excluding carboxylic acids is 1. The zero-order chi connectivity index (χ0) is 13.8. The van der Waals surface area contributed by atoms with E-state index in [2.05, 4.69) is 28.2 Å². The molecule has 1 atom stereocenters. The second kappa shape index (κ2) is 8.23. The fourth-order valence-electron chi connectivity index (χ4n) is 2.41. The van der Waals surface area contributed by atoms with Crippen molar-refractivity contribution in [1.29, 1.82) is 0 Å². The summed E-state index contributed by atoms with van der Waals surface area (Å²) in [7, 11) is 0. The van der Waals surface area contributed by atoms with Gasteiger partial charge in [0, 0.05) is 23.6 Å². The first kappa shape index (κ1) is 17.8. The molecule has 1 aromatic carbocycles. The predicted octanol–water partition coefficient (Wildman–Crippen LogP) is 3.74. The number of amides is 1. The van der Waals surface area contributed by atoms with Crippen LogP contribution in [-0.2, 0) is 0 Å². The van der Waals surface area contributed by atoms with Gasteiger partial charge in [-0.05, 0) is 37.6 Å². The molecule has 20 heavy (non-hydrogen) atoms. The summed E-state index contributed by atoms with van der Waals surface area (Å²) in [6.07, 6.45) is 1.96. The van der Waals surface area contributed by atoms with Gasteiger partial charge in [-0.2, -0.15) is 0 Å². The number of hydrogen-bond acceptors (Lipinski definition) is 2. The molecule has 1 aliphatic heterocycles. The third-order valence-corrected chi connectivity index (χ3v) is 4.18. The molecule has 112 valence electrons. The van der Waals surface area contributed by atoms with Gasteiger partial charge in [0.15, 0.2) is 0 Å². The maximum absolute atomic E-state index is 12.7. The van der Waals surface area contributed by atoms with Crippen molar-refractivity contribution in [3.63, 3.8) is 0 Å². The van der Waals surface area contributed by atoms with Crippen molar-refractivity contribution in [2.45, 2.75) is 25.8 Å². The molecule has 0 saturated carbocycles. The Morgan fingerprint density at radius 3 is 2.90 bits per heavy atom. The molecule has 0 radical (unpaired) electrons. The normalized spacial score (nSPS) is 17.6. The molecular formula is C14H19BrCl2N2O. The molecule has 0 bridgehead atoms. The van der Waals surface area contributed by atoms with Crippen LogP contribution in [0.25, 0.3) is 0 Å². The smallest absolute Gasteiger partial charge is 0.255 e. The highest BCUT2D eigenvalue weighted by atomic mass is 79.9. The molecule has 6 heteroatoms. The SMILES string of the molecule is CCCN(C(=O)c1cc(Br)ccc1Cl)C1CCNC1.Cl. The average molecular weight is 382 g/mol. The molecular weight excluding hydrogens is 363 g/mol. The van der Waals surface area contributed by atoms with Gasteiger partial charge >= 0.3 is 0 Å². The van der Waals surface area contributed by atoms with E-state index >= 15 is 0 Å². The Kier molecular flexibility index (Phi) is 7.30. The third-order valence-electron chi connectivity index (χ3n) is 3.36. The van der Waals surface area contributed by atoms with E-state index in [4.69, 9.17) is 11.6 Å². The fourth-order valence-corrected chi connectivity index (χ4v) is 2.97. The maximum Gasteiger partial charge on any atom is 0.255 e. The van der Waals surface area contributed by atoms with E-state index in [-0.39, 0.29) is 24.4 Å². The van der Waals surface area contributed by atoms with Crippen LogP contribution in [0.4, 0.5) is 0 Å². The van der Waals surface area contributed by atoms with Gasteiger partial charge in [-0.3, -0.25) is 4.79 Å². The van der Waals surface area contributed by atoms with Crippen LogP contribution < -0.4 is 5.32 Å². The van der Waals surface area contributed by atoms with E-state index in [1.54, 1.807) is 12.1 Å². The highest BCUT2D eigenvalue weighted by Gasteiger charge is 2.27. The van der Waals surface area contributed by atoms with E-state index in [0.29, 0.717) is 10.6 Å². The number of nitrogens with one attached hydrogen (secondary N) is 1. The molecule has 0 aromatic heterocycles. The lowest BCUT2D eigenvalue weighted by Gasteiger charge is -2.28. The number of carbonyl (C=O) groups is 1. The molecule has 2 rings (SSSR count). The Balaban J connectivity index is 0.00000200. The first-order valence-electron chi connectivity index (χ1n) is 6.60. The Bertz CT molecular complexity index is 464. The number of halogens is 3. The molecule has 1 saturated heterocycles. The van der Waals surface area contributed by atoms with Crippen LogP contribution in [0.5, 0.6) is 0 Å². The molecule has 1 fully saturated rings. The summed E-state index contributed by atoms with van der Waals surface area (Å²) < 4.78 is 0.876. The van der Waals surface area contributed by atoms with Crippen molar-refractivity contribution >= 4 is 45.8 Å². The van der Waals surface area contributed by atoms with Gasteiger partial charge < -0.3 is 10.2 Å². The summed E-state index contributed by atoms with van der Waals surface area (Å²) in [6, 6.07) is 5.69. The molecule has 3 nitrogen and oxygen atoms in total. The lowest BCUT2D eigenvalue weighted by atomic mass is 10.1. The summed E-state index contributed by atoms with van der Waals surface area (Å²) in [6.45, 7) is 4.71. The van der Waals surface area contributed by atoms with Crippen LogP contribution in [-0.4, -0.2) is 36.5 Å². The van der Waals surface area contributed by atoms with E-state index < -0.39 is 0 Å². The first-order chi connectivity index (χ1) is 9.13.